The normalized spacial score (nSPS) is 22.6. The average Bonchev–Trinajstić information content (AvgIpc) is 3.35. The Morgan fingerprint density at radius 1 is 1.07 bits per heavy atom. The highest BCUT2D eigenvalue weighted by atomic mass is 32.1. The molecule has 2 unspecified atom stereocenters. The van der Waals surface area contributed by atoms with Crippen molar-refractivity contribution in [2.24, 2.45) is 17.6 Å². The number of thiophene rings is 1. The zero-order valence-electron chi connectivity index (χ0n) is 16.4. The maximum atomic E-state index is 12.4. The van der Waals surface area contributed by atoms with Crippen LogP contribution < -0.4 is 11.1 Å². The number of amides is 4. The van der Waals surface area contributed by atoms with E-state index in [9.17, 15) is 24.0 Å². The molecule has 1 aromatic rings. The smallest absolute Gasteiger partial charge is 0.326 e. The number of hydrogen-bond donors (Lipinski definition) is 2. The highest BCUT2D eigenvalue weighted by Crippen LogP contribution is 2.39. The van der Waals surface area contributed by atoms with Gasteiger partial charge in [-0.2, -0.15) is 0 Å². The van der Waals surface area contributed by atoms with Crippen molar-refractivity contribution in [3.8, 4) is 0 Å². The summed E-state index contributed by atoms with van der Waals surface area (Å²) in [5.41, 5.74) is 6.66. The molecule has 2 atom stereocenters. The van der Waals surface area contributed by atoms with Crippen LogP contribution in [0.25, 0.3) is 0 Å². The second-order valence-corrected chi connectivity index (χ2v) is 9.00. The summed E-state index contributed by atoms with van der Waals surface area (Å²) in [6, 6.07) is 0. The molecule has 160 valence electrons. The Kier molecular flexibility index (Phi) is 5.59. The van der Waals surface area contributed by atoms with E-state index in [0.717, 1.165) is 47.4 Å². The van der Waals surface area contributed by atoms with Gasteiger partial charge in [-0.1, -0.05) is 12.8 Å². The first-order chi connectivity index (χ1) is 14.4. The van der Waals surface area contributed by atoms with E-state index in [1.54, 1.807) is 0 Å². The third-order valence-corrected chi connectivity index (χ3v) is 7.21. The first-order valence-corrected chi connectivity index (χ1v) is 10.9. The van der Waals surface area contributed by atoms with Gasteiger partial charge in [-0.25, -0.2) is 0 Å². The number of carbonyl (C=O) groups excluding carboxylic acids is 5. The van der Waals surface area contributed by atoms with E-state index in [-0.39, 0.29) is 23.7 Å². The quantitative estimate of drug-likeness (QED) is 0.507. The van der Waals surface area contributed by atoms with Crippen LogP contribution in [0.3, 0.4) is 0 Å². The van der Waals surface area contributed by atoms with Gasteiger partial charge in [0, 0.05) is 4.88 Å². The average molecular weight is 433 g/mol. The van der Waals surface area contributed by atoms with Gasteiger partial charge in [0.05, 0.1) is 17.4 Å². The minimum absolute atomic E-state index is 0.322. The number of anilines is 1. The van der Waals surface area contributed by atoms with Gasteiger partial charge < -0.3 is 15.8 Å². The maximum Gasteiger partial charge on any atom is 0.326 e. The summed E-state index contributed by atoms with van der Waals surface area (Å²) in [5.74, 6) is -3.37. The lowest BCUT2D eigenvalue weighted by Crippen LogP contribution is -2.37. The number of primary amides is 1. The van der Waals surface area contributed by atoms with Crippen molar-refractivity contribution in [3.05, 3.63) is 16.0 Å². The summed E-state index contributed by atoms with van der Waals surface area (Å²) in [6.45, 7) is -1.07. The Balaban J connectivity index is 1.32. The lowest BCUT2D eigenvalue weighted by Gasteiger charge is -2.19. The summed E-state index contributed by atoms with van der Waals surface area (Å²) in [7, 11) is 0. The molecule has 2 heterocycles. The SMILES string of the molecule is NC(=O)c1c(NC(=O)COC(=O)CN2C(=O)C3CCCCC3C2=O)sc2c1CCC2. The molecule has 9 nitrogen and oxygen atoms in total. The van der Waals surface area contributed by atoms with Gasteiger partial charge in [0.25, 0.3) is 11.8 Å². The maximum absolute atomic E-state index is 12.4. The van der Waals surface area contributed by atoms with Crippen LogP contribution >= 0.6 is 11.3 Å². The van der Waals surface area contributed by atoms with Crippen LogP contribution in [0.4, 0.5) is 5.00 Å². The number of aryl methyl sites for hydroxylation is 1. The molecule has 4 amide bonds. The van der Waals surface area contributed by atoms with Crippen LogP contribution in [-0.2, 0) is 36.8 Å². The molecule has 2 fully saturated rings. The highest BCUT2D eigenvalue weighted by Gasteiger charge is 2.48. The topological polar surface area (TPSA) is 136 Å². The van der Waals surface area contributed by atoms with Gasteiger partial charge in [0.15, 0.2) is 6.61 Å². The van der Waals surface area contributed by atoms with E-state index in [4.69, 9.17) is 10.5 Å². The molecule has 30 heavy (non-hydrogen) atoms. The molecule has 1 aromatic heterocycles. The molecule has 3 N–H and O–H groups in total. The van der Waals surface area contributed by atoms with E-state index >= 15 is 0 Å². The summed E-state index contributed by atoms with van der Waals surface area (Å²) in [4.78, 5) is 62.9. The standard InChI is InChI=1S/C20H23N3O6S/c21-17(26)16-12-6-3-7-13(12)30-18(16)22-14(24)9-29-15(25)8-23-19(27)10-4-1-2-5-11(10)20(23)28/h10-11H,1-9H2,(H2,21,26)(H,22,24). The predicted molar refractivity (Wildman–Crippen MR) is 107 cm³/mol. The largest absolute Gasteiger partial charge is 0.454 e. The van der Waals surface area contributed by atoms with Crippen LogP contribution in [0.5, 0.6) is 0 Å². The van der Waals surface area contributed by atoms with E-state index in [1.807, 2.05) is 0 Å². The Morgan fingerprint density at radius 3 is 2.37 bits per heavy atom. The lowest BCUT2D eigenvalue weighted by atomic mass is 9.81. The molecule has 0 spiro atoms. The molecular formula is C20H23N3O6S. The van der Waals surface area contributed by atoms with Crippen LogP contribution in [0.1, 0.15) is 52.9 Å². The fraction of sp³-hybridized carbons (Fsp3) is 0.550. The van der Waals surface area contributed by atoms with Crippen LogP contribution in [-0.4, -0.2) is 47.6 Å². The number of nitrogens with two attached hydrogens (primary N) is 1. The number of fused-ring (bicyclic) bond motifs is 2. The molecule has 4 rings (SSSR count). The fourth-order valence-corrected chi connectivity index (χ4v) is 5.93. The molecule has 1 aliphatic heterocycles. The van der Waals surface area contributed by atoms with Gasteiger partial charge in [0.2, 0.25) is 11.8 Å². The van der Waals surface area contributed by atoms with Gasteiger partial charge in [-0.05, 0) is 37.7 Å². The van der Waals surface area contributed by atoms with Crippen LogP contribution in [0.2, 0.25) is 0 Å². The zero-order chi connectivity index (χ0) is 21.4. The second-order valence-electron chi connectivity index (χ2n) is 7.89. The fourth-order valence-electron chi connectivity index (χ4n) is 4.62. The molecule has 10 heteroatoms. The molecule has 0 aromatic carbocycles. The first-order valence-electron chi connectivity index (χ1n) is 10.1. The van der Waals surface area contributed by atoms with Crippen molar-refractivity contribution < 1.29 is 28.7 Å². The minimum Gasteiger partial charge on any atom is -0.454 e. The van der Waals surface area contributed by atoms with Crippen molar-refractivity contribution in [3.63, 3.8) is 0 Å². The molecule has 2 aliphatic carbocycles. The van der Waals surface area contributed by atoms with Gasteiger partial charge in [-0.3, -0.25) is 28.9 Å². The van der Waals surface area contributed by atoms with Crippen molar-refractivity contribution >= 4 is 45.9 Å². The van der Waals surface area contributed by atoms with Crippen molar-refractivity contribution in [2.45, 2.75) is 44.9 Å². The van der Waals surface area contributed by atoms with Gasteiger partial charge >= 0.3 is 5.97 Å². The molecule has 3 aliphatic rings. The summed E-state index contributed by atoms with van der Waals surface area (Å²) in [6.07, 6.45) is 5.66. The number of nitrogens with zero attached hydrogens (tertiary/aromatic N) is 1. The molecule has 0 bridgehead atoms. The van der Waals surface area contributed by atoms with Crippen LogP contribution in [0, 0.1) is 11.8 Å². The van der Waals surface area contributed by atoms with E-state index < -0.39 is 30.9 Å². The number of rotatable bonds is 6. The van der Waals surface area contributed by atoms with Crippen molar-refractivity contribution in [1.82, 2.24) is 4.90 Å². The zero-order valence-corrected chi connectivity index (χ0v) is 17.2. The van der Waals surface area contributed by atoms with E-state index in [0.29, 0.717) is 23.4 Å². The molecule has 1 saturated heterocycles. The Labute approximate surface area is 176 Å². The van der Waals surface area contributed by atoms with E-state index in [2.05, 4.69) is 5.32 Å². The van der Waals surface area contributed by atoms with Gasteiger partial charge in [-0.15, -0.1) is 11.3 Å². The molecule has 0 radical (unpaired) electrons. The van der Waals surface area contributed by atoms with Crippen LogP contribution in [0.15, 0.2) is 0 Å². The Bertz CT molecular complexity index is 915. The molecule has 1 saturated carbocycles. The Morgan fingerprint density at radius 2 is 1.73 bits per heavy atom. The second kappa shape index (κ2) is 8.17. The lowest BCUT2D eigenvalue weighted by molar-refractivity contribution is -0.154. The first kappa shape index (κ1) is 20.5. The number of nitrogens with one attached hydrogen (secondary N) is 1. The third kappa shape index (κ3) is 3.71. The highest BCUT2D eigenvalue weighted by molar-refractivity contribution is 7.17. The monoisotopic (exact) mass is 433 g/mol. The van der Waals surface area contributed by atoms with E-state index in [1.165, 1.54) is 11.3 Å². The number of ether oxygens (including phenoxy) is 1. The van der Waals surface area contributed by atoms with Crippen molar-refractivity contribution in [1.29, 1.82) is 0 Å². The minimum atomic E-state index is -0.825. The summed E-state index contributed by atoms with van der Waals surface area (Å²) >= 11 is 1.31. The number of esters is 1. The van der Waals surface area contributed by atoms with Crippen molar-refractivity contribution in [2.75, 3.05) is 18.5 Å². The Hall–Kier alpha value is -2.75. The third-order valence-electron chi connectivity index (χ3n) is 6.00. The number of carbonyl (C=O) groups is 5. The number of imide groups is 1. The number of likely N-dealkylation sites (tertiary alicyclic amines) is 1. The summed E-state index contributed by atoms with van der Waals surface area (Å²) in [5, 5.41) is 2.95. The predicted octanol–water partition coefficient (Wildman–Crippen LogP) is 0.993. The molecular weight excluding hydrogens is 410 g/mol. The van der Waals surface area contributed by atoms with Gasteiger partial charge in [0.1, 0.15) is 11.5 Å². The number of hydrogen-bond acceptors (Lipinski definition) is 7. The summed E-state index contributed by atoms with van der Waals surface area (Å²) < 4.78 is 4.96.